The lowest BCUT2D eigenvalue weighted by Gasteiger charge is -2.12. The second kappa shape index (κ2) is 12.7. The SMILES string of the molecule is CCC(=O)Nc1nnc(SCc2cc(=O)c(OC(=O)C=Cc3cc(OC)c(OC)c(OC)c3)co2)s1. The minimum atomic E-state index is -0.770. The summed E-state index contributed by atoms with van der Waals surface area (Å²) < 4.78 is 27.0. The summed E-state index contributed by atoms with van der Waals surface area (Å²) in [6, 6.07) is 4.55. The number of hydrogen-bond acceptors (Lipinski definition) is 12. The van der Waals surface area contributed by atoms with Crippen LogP contribution in [0.2, 0.25) is 0 Å². The Hall–Kier alpha value is -3.84. The van der Waals surface area contributed by atoms with Crippen molar-refractivity contribution in [1.29, 1.82) is 0 Å². The third kappa shape index (κ3) is 7.09. The van der Waals surface area contributed by atoms with Gasteiger partial charge in [-0.05, 0) is 23.8 Å². The molecule has 1 amide bonds. The first kappa shape index (κ1) is 26.8. The molecule has 1 aromatic carbocycles. The van der Waals surface area contributed by atoms with Crippen LogP contribution in [0.25, 0.3) is 6.08 Å². The van der Waals surface area contributed by atoms with E-state index in [0.29, 0.717) is 50.2 Å². The first-order chi connectivity index (χ1) is 17.4. The molecular formula is C23H23N3O8S2. The zero-order chi connectivity index (χ0) is 26.1. The topological polar surface area (TPSA) is 139 Å². The van der Waals surface area contributed by atoms with Crippen LogP contribution in [0, 0.1) is 0 Å². The lowest BCUT2D eigenvalue weighted by Crippen LogP contribution is -2.12. The van der Waals surface area contributed by atoms with Crippen LogP contribution in [0.4, 0.5) is 5.13 Å². The van der Waals surface area contributed by atoms with Crippen molar-refractivity contribution in [2.75, 3.05) is 26.6 Å². The van der Waals surface area contributed by atoms with Crippen molar-refractivity contribution in [3.05, 3.63) is 52.1 Å². The van der Waals surface area contributed by atoms with Crippen molar-refractivity contribution in [1.82, 2.24) is 10.2 Å². The monoisotopic (exact) mass is 533 g/mol. The van der Waals surface area contributed by atoms with Crippen LogP contribution in [0.3, 0.4) is 0 Å². The molecule has 0 atom stereocenters. The van der Waals surface area contributed by atoms with Crippen LogP contribution < -0.4 is 29.7 Å². The summed E-state index contributed by atoms with van der Waals surface area (Å²) in [5.74, 6) is 0.747. The molecule has 0 aliphatic carbocycles. The van der Waals surface area contributed by atoms with Gasteiger partial charge in [0.25, 0.3) is 0 Å². The van der Waals surface area contributed by atoms with Crippen LogP contribution in [0.15, 0.2) is 44.1 Å². The molecule has 0 aliphatic rings. The van der Waals surface area contributed by atoms with E-state index in [9.17, 15) is 14.4 Å². The van der Waals surface area contributed by atoms with E-state index < -0.39 is 11.4 Å². The Morgan fingerprint density at radius 3 is 2.42 bits per heavy atom. The van der Waals surface area contributed by atoms with Crippen LogP contribution in [-0.2, 0) is 15.3 Å². The number of hydrogen-bond donors (Lipinski definition) is 1. The van der Waals surface area contributed by atoms with Gasteiger partial charge in [0.15, 0.2) is 15.8 Å². The largest absolute Gasteiger partial charge is 0.493 e. The maximum atomic E-state index is 12.4. The van der Waals surface area contributed by atoms with Crippen molar-refractivity contribution < 1.29 is 33.0 Å². The van der Waals surface area contributed by atoms with Gasteiger partial charge in [-0.3, -0.25) is 9.59 Å². The number of carbonyl (C=O) groups is 2. The van der Waals surface area contributed by atoms with Gasteiger partial charge < -0.3 is 28.7 Å². The number of ether oxygens (including phenoxy) is 4. The van der Waals surface area contributed by atoms with E-state index in [0.717, 1.165) is 12.3 Å². The minimum absolute atomic E-state index is 0.155. The normalized spacial score (nSPS) is 10.8. The molecule has 0 radical (unpaired) electrons. The summed E-state index contributed by atoms with van der Waals surface area (Å²) in [7, 11) is 4.46. The van der Waals surface area contributed by atoms with Crippen LogP contribution in [-0.4, -0.2) is 43.4 Å². The van der Waals surface area contributed by atoms with Gasteiger partial charge in [0.1, 0.15) is 12.0 Å². The Morgan fingerprint density at radius 2 is 1.81 bits per heavy atom. The molecule has 0 aliphatic heterocycles. The molecule has 0 fully saturated rings. The van der Waals surface area contributed by atoms with E-state index in [2.05, 4.69) is 15.5 Å². The number of thioether (sulfide) groups is 1. The number of nitrogens with one attached hydrogen (secondary N) is 1. The lowest BCUT2D eigenvalue weighted by molar-refractivity contribution is -0.129. The summed E-state index contributed by atoms with van der Waals surface area (Å²) in [6.45, 7) is 1.74. The fraction of sp³-hybridized carbons (Fsp3) is 0.261. The number of rotatable bonds is 11. The van der Waals surface area contributed by atoms with Crippen LogP contribution in [0.1, 0.15) is 24.7 Å². The lowest BCUT2D eigenvalue weighted by atomic mass is 10.1. The van der Waals surface area contributed by atoms with Gasteiger partial charge in [0.05, 0.1) is 27.1 Å². The molecule has 2 heterocycles. The molecule has 3 rings (SSSR count). The van der Waals surface area contributed by atoms with E-state index in [1.54, 1.807) is 19.1 Å². The number of anilines is 1. The Kier molecular flexibility index (Phi) is 9.47. The molecule has 0 unspecified atom stereocenters. The Balaban J connectivity index is 1.60. The van der Waals surface area contributed by atoms with Crippen molar-refractivity contribution in [3.63, 3.8) is 0 Å². The number of carbonyl (C=O) groups excluding carboxylic acids is 2. The van der Waals surface area contributed by atoms with Gasteiger partial charge in [-0.15, -0.1) is 10.2 Å². The van der Waals surface area contributed by atoms with Crippen LogP contribution >= 0.6 is 23.1 Å². The van der Waals surface area contributed by atoms with E-state index in [1.807, 2.05) is 0 Å². The molecule has 3 aromatic rings. The highest BCUT2D eigenvalue weighted by Crippen LogP contribution is 2.38. The summed E-state index contributed by atoms with van der Waals surface area (Å²) in [5, 5.41) is 10.9. The van der Waals surface area contributed by atoms with Gasteiger partial charge in [-0.25, -0.2) is 4.79 Å². The highest BCUT2D eigenvalue weighted by Gasteiger charge is 2.14. The first-order valence-electron chi connectivity index (χ1n) is 10.4. The second-order valence-electron chi connectivity index (χ2n) is 6.85. The fourth-order valence-corrected chi connectivity index (χ4v) is 4.41. The maximum absolute atomic E-state index is 12.4. The first-order valence-corrected chi connectivity index (χ1v) is 12.2. The summed E-state index contributed by atoms with van der Waals surface area (Å²) >= 11 is 2.50. The van der Waals surface area contributed by atoms with Crippen LogP contribution in [0.5, 0.6) is 23.0 Å². The predicted octanol–water partition coefficient (Wildman–Crippen LogP) is 3.78. The standard InChI is InChI=1S/C23H23N3O8S2/c1-5-19(28)24-22-25-26-23(36-22)35-12-14-10-15(27)18(11-33-14)34-20(29)7-6-13-8-16(30-2)21(32-4)17(9-13)31-3/h6-11H,5,12H2,1-4H3,(H,24,25,28). The molecule has 0 spiro atoms. The number of esters is 1. The maximum Gasteiger partial charge on any atom is 0.336 e. The Labute approximate surface area is 214 Å². The van der Waals surface area contributed by atoms with E-state index >= 15 is 0 Å². The number of methoxy groups -OCH3 is 3. The summed E-state index contributed by atoms with van der Waals surface area (Å²) in [4.78, 5) is 36.0. The van der Waals surface area contributed by atoms with Gasteiger partial charge in [0, 0.05) is 18.6 Å². The highest BCUT2D eigenvalue weighted by atomic mass is 32.2. The molecule has 190 valence electrons. The van der Waals surface area contributed by atoms with Gasteiger partial charge in [-0.2, -0.15) is 0 Å². The van der Waals surface area contributed by atoms with Gasteiger partial charge in [0.2, 0.25) is 28.0 Å². The van der Waals surface area contributed by atoms with Gasteiger partial charge >= 0.3 is 5.97 Å². The summed E-state index contributed by atoms with van der Waals surface area (Å²) in [6.07, 6.45) is 4.06. The predicted molar refractivity (Wildman–Crippen MR) is 134 cm³/mol. The van der Waals surface area contributed by atoms with Crippen molar-refractivity contribution in [2.45, 2.75) is 23.4 Å². The molecule has 11 nitrogen and oxygen atoms in total. The number of amides is 1. The Morgan fingerprint density at radius 1 is 1.08 bits per heavy atom. The number of benzene rings is 1. The molecule has 2 aromatic heterocycles. The molecule has 0 saturated carbocycles. The fourth-order valence-electron chi connectivity index (χ4n) is 2.75. The third-order valence-electron chi connectivity index (χ3n) is 4.47. The molecule has 36 heavy (non-hydrogen) atoms. The average Bonchev–Trinajstić information content (AvgIpc) is 3.33. The van der Waals surface area contributed by atoms with Crippen molar-refractivity contribution in [2.24, 2.45) is 0 Å². The molecule has 0 saturated heterocycles. The smallest absolute Gasteiger partial charge is 0.336 e. The van der Waals surface area contributed by atoms with Gasteiger partial charge in [-0.1, -0.05) is 30.0 Å². The number of aromatic nitrogens is 2. The molecular weight excluding hydrogens is 510 g/mol. The highest BCUT2D eigenvalue weighted by molar-refractivity contribution is 8.00. The second-order valence-corrected chi connectivity index (χ2v) is 9.05. The zero-order valence-corrected chi connectivity index (χ0v) is 21.5. The summed E-state index contributed by atoms with van der Waals surface area (Å²) in [5.41, 5.74) is 0.0782. The minimum Gasteiger partial charge on any atom is -0.493 e. The molecule has 0 bridgehead atoms. The zero-order valence-electron chi connectivity index (χ0n) is 19.9. The molecule has 1 N–H and O–H groups in total. The van der Waals surface area contributed by atoms with E-state index in [-0.39, 0.29) is 11.7 Å². The van der Waals surface area contributed by atoms with Crippen molar-refractivity contribution in [3.8, 4) is 23.0 Å². The van der Waals surface area contributed by atoms with E-state index in [4.69, 9.17) is 23.4 Å². The Bertz CT molecular complexity index is 1290. The quantitative estimate of drug-likeness (QED) is 0.167. The third-order valence-corrected chi connectivity index (χ3v) is 6.47. The average molecular weight is 534 g/mol. The molecule has 13 heteroatoms. The van der Waals surface area contributed by atoms with E-state index in [1.165, 1.54) is 56.6 Å². The van der Waals surface area contributed by atoms with Crippen molar-refractivity contribution >= 4 is 46.2 Å². The number of nitrogens with zero attached hydrogens (tertiary/aromatic N) is 2.